The summed E-state index contributed by atoms with van der Waals surface area (Å²) < 4.78 is 23.2. The van der Waals surface area contributed by atoms with Crippen LogP contribution in [0.4, 0.5) is 0 Å². The van der Waals surface area contributed by atoms with Crippen molar-refractivity contribution in [2.24, 2.45) is 0 Å². The molecular formula is C10H13N3O5S. The Hall–Kier alpha value is -2.16. The highest BCUT2D eigenvalue weighted by molar-refractivity contribution is 7.89. The van der Waals surface area contributed by atoms with Crippen LogP contribution in [0.2, 0.25) is 0 Å². The Morgan fingerprint density at radius 3 is 2.53 bits per heavy atom. The number of carbonyl (C=O) groups excluding carboxylic acids is 2. The fourth-order valence-electron chi connectivity index (χ4n) is 1.35. The van der Waals surface area contributed by atoms with Crippen molar-refractivity contribution in [1.29, 1.82) is 0 Å². The molecule has 8 nitrogen and oxygen atoms in total. The van der Waals surface area contributed by atoms with Gasteiger partial charge in [-0.1, -0.05) is 0 Å². The van der Waals surface area contributed by atoms with Gasteiger partial charge in [0, 0.05) is 6.20 Å². The Morgan fingerprint density at radius 1 is 1.37 bits per heavy atom. The second-order valence-electron chi connectivity index (χ2n) is 3.84. The molecule has 0 saturated carbocycles. The third-order valence-corrected chi connectivity index (χ3v) is 2.70. The van der Waals surface area contributed by atoms with Crippen LogP contribution in [0.25, 0.3) is 0 Å². The Kier molecular flexibility index (Phi) is 4.43. The van der Waals surface area contributed by atoms with E-state index in [2.05, 4.69) is 10.3 Å². The first-order valence-corrected chi connectivity index (χ1v) is 7.07. The number of H-pyrrole nitrogens is 1. The maximum atomic E-state index is 11.7. The molecular weight excluding hydrogens is 274 g/mol. The predicted octanol–water partition coefficient (Wildman–Crippen LogP) is -1.51. The van der Waals surface area contributed by atoms with Gasteiger partial charge in [0.05, 0.1) is 12.8 Å². The second kappa shape index (κ2) is 5.65. The zero-order chi connectivity index (χ0) is 14.6. The van der Waals surface area contributed by atoms with E-state index in [9.17, 15) is 22.8 Å². The summed E-state index contributed by atoms with van der Waals surface area (Å²) in [4.78, 5) is 36.6. The van der Waals surface area contributed by atoms with Crippen LogP contribution < -0.4 is 15.6 Å². The average molecular weight is 287 g/mol. The van der Waals surface area contributed by atoms with Crippen molar-refractivity contribution >= 4 is 21.8 Å². The van der Waals surface area contributed by atoms with Gasteiger partial charge in [0.25, 0.3) is 17.4 Å². The zero-order valence-electron chi connectivity index (χ0n) is 10.3. The quantitative estimate of drug-likeness (QED) is 0.620. The standard InChI is InChI=1S/C10H13N3O5S/c1-6-3-4-11-9(15)8(6)10(16)12-5-7(14)13-19(2,17)18/h3-4H,5H2,1-2H3,(H,11,15)(H,12,16)(H,13,14). The van der Waals surface area contributed by atoms with Gasteiger partial charge in [0.2, 0.25) is 10.0 Å². The molecule has 0 aromatic carbocycles. The van der Waals surface area contributed by atoms with Crippen molar-refractivity contribution < 1.29 is 18.0 Å². The fourth-order valence-corrected chi connectivity index (χ4v) is 1.84. The summed E-state index contributed by atoms with van der Waals surface area (Å²) >= 11 is 0. The monoisotopic (exact) mass is 287 g/mol. The number of amides is 2. The molecule has 0 saturated heterocycles. The molecule has 1 aromatic rings. The van der Waals surface area contributed by atoms with E-state index in [1.807, 2.05) is 0 Å². The molecule has 0 aliphatic rings. The molecule has 2 amide bonds. The lowest BCUT2D eigenvalue weighted by Gasteiger charge is -2.06. The molecule has 0 aliphatic heterocycles. The summed E-state index contributed by atoms with van der Waals surface area (Å²) in [5.74, 6) is -1.64. The fraction of sp³-hybridized carbons (Fsp3) is 0.300. The number of aromatic amines is 1. The number of aryl methyl sites for hydroxylation is 1. The van der Waals surface area contributed by atoms with E-state index < -0.39 is 33.9 Å². The molecule has 9 heteroatoms. The van der Waals surface area contributed by atoms with Crippen molar-refractivity contribution in [2.45, 2.75) is 6.92 Å². The Morgan fingerprint density at radius 2 is 2.00 bits per heavy atom. The highest BCUT2D eigenvalue weighted by Gasteiger charge is 2.15. The number of sulfonamides is 1. The normalized spacial score (nSPS) is 10.8. The van der Waals surface area contributed by atoms with Crippen LogP contribution in [0.5, 0.6) is 0 Å². The summed E-state index contributed by atoms with van der Waals surface area (Å²) in [5, 5.41) is 2.17. The molecule has 104 valence electrons. The van der Waals surface area contributed by atoms with Gasteiger partial charge < -0.3 is 10.3 Å². The molecule has 3 N–H and O–H groups in total. The van der Waals surface area contributed by atoms with Gasteiger partial charge in [-0.2, -0.15) is 0 Å². The Balaban J connectivity index is 2.72. The molecule has 0 fully saturated rings. The van der Waals surface area contributed by atoms with E-state index in [-0.39, 0.29) is 5.56 Å². The smallest absolute Gasteiger partial charge is 0.261 e. The predicted molar refractivity (Wildman–Crippen MR) is 67.1 cm³/mol. The third-order valence-electron chi connectivity index (χ3n) is 2.10. The minimum absolute atomic E-state index is 0.116. The van der Waals surface area contributed by atoms with Gasteiger partial charge in [0.1, 0.15) is 5.56 Å². The van der Waals surface area contributed by atoms with E-state index in [1.165, 1.54) is 12.3 Å². The van der Waals surface area contributed by atoms with Gasteiger partial charge >= 0.3 is 0 Å². The van der Waals surface area contributed by atoms with E-state index in [0.29, 0.717) is 5.56 Å². The van der Waals surface area contributed by atoms with E-state index >= 15 is 0 Å². The number of nitrogens with one attached hydrogen (secondary N) is 3. The SMILES string of the molecule is Cc1cc[nH]c(=O)c1C(=O)NCC(=O)NS(C)(=O)=O. The van der Waals surface area contributed by atoms with Crippen LogP contribution in [0.1, 0.15) is 15.9 Å². The number of carbonyl (C=O) groups is 2. The largest absolute Gasteiger partial charge is 0.343 e. The lowest BCUT2D eigenvalue weighted by atomic mass is 10.1. The lowest BCUT2D eigenvalue weighted by Crippen LogP contribution is -2.40. The number of pyridine rings is 1. The Labute approximate surface area is 109 Å². The van der Waals surface area contributed by atoms with Gasteiger partial charge in [-0.05, 0) is 18.6 Å². The molecule has 1 aromatic heterocycles. The minimum Gasteiger partial charge on any atom is -0.343 e. The van der Waals surface area contributed by atoms with Crippen molar-refractivity contribution in [2.75, 3.05) is 12.8 Å². The van der Waals surface area contributed by atoms with Crippen LogP contribution in [0.15, 0.2) is 17.1 Å². The van der Waals surface area contributed by atoms with E-state index in [4.69, 9.17) is 0 Å². The summed E-state index contributed by atoms with van der Waals surface area (Å²) in [7, 11) is -3.67. The van der Waals surface area contributed by atoms with E-state index in [1.54, 1.807) is 11.6 Å². The van der Waals surface area contributed by atoms with Gasteiger partial charge in [-0.25, -0.2) is 8.42 Å². The number of rotatable bonds is 4. The van der Waals surface area contributed by atoms with Crippen LogP contribution in [-0.4, -0.2) is 38.0 Å². The highest BCUT2D eigenvalue weighted by atomic mass is 32.2. The first-order valence-electron chi connectivity index (χ1n) is 5.18. The van der Waals surface area contributed by atoms with Crippen molar-refractivity contribution in [3.63, 3.8) is 0 Å². The molecule has 0 bridgehead atoms. The number of aromatic nitrogens is 1. The Bertz CT molecular complexity index is 662. The highest BCUT2D eigenvalue weighted by Crippen LogP contribution is 1.99. The first kappa shape index (κ1) is 14.9. The lowest BCUT2D eigenvalue weighted by molar-refractivity contribution is -0.118. The van der Waals surface area contributed by atoms with E-state index in [0.717, 1.165) is 6.26 Å². The molecule has 0 unspecified atom stereocenters. The minimum atomic E-state index is -3.67. The van der Waals surface area contributed by atoms with Crippen molar-refractivity contribution in [3.8, 4) is 0 Å². The second-order valence-corrected chi connectivity index (χ2v) is 5.59. The molecule has 0 spiro atoms. The molecule has 1 rings (SSSR count). The molecule has 1 heterocycles. The topological polar surface area (TPSA) is 125 Å². The third kappa shape index (κ3) is 4.54. The first-order chi connectivity index (χ1) is 8.70. The van der Waals surface area contributed by atoms with Gasteiger partial charge in [-0.3, -0.25) is 19.1 Å². The molecule has 0 atom stereocenters. The van der Waals surface area contributed by atoms with Crippen LogP contribution in [0, 0.1) is 6.92 Å². The van der Waals surface area contributed by atoms with Gasteiger partial charge in [0.15, 0.2) is 0 Å². The molecule has 0 radical (unpaired) electrons. The number of hydrogen-bond donors (Lipinski definition) is 3. The summed E-state index contributed by atoms with van der Waals surface area (Å²) in [5.41, 5.74) is -0.250. The summed E-state index contributed by atoms with van der Waals surface area (Å²) in [6, 6.07) is 1.53. The molecule has 0 aliphatic carbocycles. The maximum absolute atomic E-state index is 11.7. The molecule has 19 heavy (non-hydrogen) atoms. The van der Waals surface area contributed by atoms with Crippen molar-refractivity contribution in [1.82, 2.24) is 15.0 Å². The van der Waals surface area contributed by atoms with Crippen LogP contribution in [0.3, 0.4) is 0 Å². The van der Waals surface area contributed by atoms with Crippen LogP contribution >= 0.6 is 0 Å². The van der Waals surface area contributed by atoms with Crippen molar-refractivity contribution in [3.05, 3.63) is 33.7 Å². The van der Waals surface area contributed by atoms with Gasteiger partial charge in [-0.15, -0.1) is 0 Å². The summed E-state index contributed by atoms with van der Waals surface area (Å²) in [6.45, 7) is 1.03. The summed E-state index contributed by atoms with van der Waals surface area (Å²) in [6.07, 6.45) is 2.21. The average Bonchev–Trinajstić information content (AvgIpc) is 2.23. The maximum Gasteiger partial charge on any atom is 0.261 e. The van der Waals surface area contributed by atoms with Crippen LogP contribution in [-0.2, 0) is 14.8 Å². The zero-order valence-corrected chi connectivity index (χ0v) is 11.1. The number of hydrogen-bond acceptors (Lipinski definition) is 5.